The zero-order valence-corrected chi connectivity index (χ0v) is 13.9. The van der Waals surface area contributed by atoms with E-state index in [1.54, 1.807) is 6.92 Å². The Labute approximate surface area is 134 Å². The number of amides is 1. The van der Waals surface area contributed by atoms with Crippen molar-refractivity contribution in [2.75, 3.05) is 39.4 Å². The lowest BCUT2D eigenvalue weighted by atomic mass is 9.73. The third-order valence-electron chi connectivity index (χ3n) is 4.63. The molecule has 21 heavy (non-hydrogen) atoms. The highest BCUT2D eigenvalue weighted by atomic mass is 35.5. The van der Waals surface area contributed by atoms with Gasteiger partial charge in [-0.25, -0.2) is 0 Å². The number of rotatable bonds is 5. The normalized spacial score (nSPS) is 23.9. The van der Waals surface area contributed by atoms with E-state index in [2.05, 4.69) is 10.2 Å². The van der Waals surface area contributed by atoms with Gasteiger partial charge in [-0.3, -0.25) is 9.69 Å². The van der Waals surface area contributed by atoms with Gasteiger partial charge in [-0.2, -0.15) is 0 Å². The molecule has 1 saturated heterocycles. The van der Waals surface area contributed by atoms with Gasteiger partial charge in [-0.15, -0.1) is 12.4 Å². The lowest BCUT2D eigenvalue weighted by Crippen LogP contribution is -2.51. The molecule has 1 atom stereocenters. The third kappa shape index (κ3) is 5.74. The molecule has 3 N–H and O–H groups in total. The molecule has 0 bridgehead atoms. The van der Waals surface area contributed by atoms with E-state index >= 15 is 0 Å². The lowest BCUT2D eigenvalue weighted by Gasteiger charge is -2.42. The number of halogens is 1. The van der Waals surface area contributed by atoms with Crippen molar-refractivity contribution in [1.82, 2.24) is 10.2 Å². The molecule has 5 nitrogen and oxygen atoms in total. The van der Waals surface area contributed by atoms with Gasteiger partial charge in [0.1, 0.15) is 0 Å². The fourth-order valence-corrected chi connectivity index (χ4v) is 3.36. The van der Waals surface area contributed by atoms with Crippen LogP contribution in [-0.2, 0) is 9.53 Å². The summed E-state index contributed by atoms with van der Waals surface area (Å²) in [6, 6.07) is -0.418. The van der Waals surface area contributed by atoms with Gasteiger partial charge in [0, 0.05) is 31.6 Å². The Morgan fingerprint density at radius 1 is 1.29 bits per heavy atom. The van der Waals surface area contributed by atoms with Gasteiger partial charge in [0.25, 0.3) is 0 Å². The Bertz CT molecular complexity index is 314. The summed E-state index contributed by atoms with van der Waals surface area (Å²) in [4.78, 5) is 14.2. The maximum atomic E-state index is 11.8. The van der Waals surface area contributed by atoms with Crippen LogP contribution in [-0.4, -0.2) is 56.2 Å². The van der Waals surface area contributed by atoms with Crippen LogP contribution in [0.15, 0.2) is 0 Å². The number of carbonyl (C=O) groups excluding carboxylic acids is 1. The van der Waals surface area contributed by atoms with Gasteiger partial charge < -0.3 is 15.8 Å². The van der Waals surface area contributed by atoms with Crippen molar-refractivity contribution in [2.45, 2.75) is 45.1 Å². The number of nitrogens with two attached hydrogens (primary N) is 1. The minimum absolute atomic E-state index is 0. The first-order valence-corrected chi connectivity index (χ1v) is 7.95. The third-order valence-corrected chi connectivity index (χ3v) is 4.63. The first kappa shape index (κ1) is 18.7. The van der Waals surface area contributed by atoms with Gasteiger partial charge in [-0.05, 0) is 19.8 Å². The predicted octanol–water partition coefficient (Wildman–Crippen LogP) is 1.15. The predicted molar refractivity (Wildman–Crippen MR) is 86.7 cm³/mol. The summed E-state index contributed by atoms with van der Waals surface area (Å²) in [5.41, 5.74) is 5.88. The van der Waals surface area contributed by atoms with Crippen molar-refractivity contribution in [3.63, 3.8) is 0 Å². The molecule has 1 heterocycles. The van der Waals surface area contributed by atoms with Gasteiger partial charge in [-0.1, -0.05) is 19.3 Å². The molecule has 1 aliphatic carbocycles. The van der Waals surface area contributed by atoms with E-state index in [1.165, 1.54) is 32.1 Å². The number of hydrogen-bond acceptors (Lipinski definition) is 4. The largest absolute Gasteiger partial charge is 0.379 e. The summed E-state index contributed by atoms with van der Waals surface area (Å²) in [6.45, 7) is 7.29. The number of morpholine rings is 1. The standard InChI is InChI=1S/C15H29N3O2.ClH/c1-13(16)14(19)17-11-15(5-3-2-4-6-15)12-18-7-9-20-10-8-18;/h13H,2-12,16H2,1H3,(H,17,19);1H. The van der Waals surface area contributed by atoms with Crippen molar-refractivity contribution in [2.24, 2.45) is 11.1 Å². The minimum atomic E-state index is -0.418. The summed E-state index contributed by atoms with van der Waals surface area (Å²) in [5.74, 6) is -0.0306. The summed E-state index contributed by atoms with van der Waals surface area (Å²) < 4.78 is 5.42. The van der Waals surface area contributed by atoms with Crippen LogP contribution in [0.3, 0.4) is 0 Å². The Kier molecular flexibility index (Phi) is 7.95. The van der Waals surface area contributed by atoms with Crippen molar-refractivity contribution in [3.05, 3.63) is 0 Å². The Balaban J connectivity index is 0.00000220. The van der Waals surface area contributed by atoms with Crippen LogP contribution in [0.1, 0.15) is 39.0 Å². The monoisotopic (exact) mass is 319 g/mol. The highest BCUT2D eigenvalue weighted by Crippen LogP contribution is 2.36. The SMILES string of the molecule is CC(N)C(=O)NCC1(CN2CCOCC2)CCCCC1.Cl. The van der Waals surface area contributed by atoms with E-state index in [0.29, 0.717) is 0 Å². The van der Waals surface area contributed by atoms with E-state index in [1.807, 2.05) is 0 Å². The molecule has 1 amide bonds. The zero-order valence-electron chi connectivity index (χ0n) is 13.1. The average Bonchev–Trinajstić information content (AvgIpc) is 2.47. The maximum absolute atomic E-state index is 11.8. The number of nitrogens with zero attached hydrogens (tertiary/aromatic N) is 1. The Morgan fingerprint density at radius 2 is 1.90 bits per heavy atom. The zero-order chi connectivity index (χ0) is 14.4. The van der Waals surface area contributed by atoms with E-state index < -0.39 is 6.04 Å². The average molecular weight is 320 g/mol. The van der Waals surface area contributed by atoms with Crippen molar-refractivity contribution in [1.29, 1.82) is 0 Å². The van der Waals surface area contributed by atoms with E-state index in [-0.39, 0.29) is 23.7 Å². The molecule has 1 unspecified atom stereocenters. The summed E-state index contributed by atoms with van der Waals surface area (Å²) >= 11 is 0. The molecule has 2 fully saturated rings. The van der Waals surface area contributed by atoms with Crippen LogP contribution >= 0.6 is 12.4 Å². The fraction of sp³-hybridized carbons (Fsp3) is 0.933. The molecule has 1 saturated carbocycles. The van der Waals surface area contributed by atoms with Crippen LogP contribution in [0, 0.1) is 5.41 Å². The lowest BCUT2D eigenvalue weighted by molar-refractivity contribution is -0.122. The smallest absolute Gasteiger partial charge is 0.236 e. The molecule has 0 spiro atoms. The second-order valence-electron chi connectivity index (χ2n) is 6.46. The molecule has 124 valence electrons. The fourth-order valence-electron chi connectivity index (χ4n) is 3.36. The summed E-state index contributed by atoms with van der Waals surface area (Å²) in [7, 11) is 0. The molecule has 6 heteroatoms. The quantitative estimate of drug-likeness (QED) is 0.798. The molecule has 0 aromatic rings. The molecule has 2 aliphatic rings. The van der Waals surface area contributed by atoms with E-state index in [4.69, 9.17) is 10.5 Å². The molecule has 0 radical (unpaired) electrons. The van der Waals surface area contributed by atoms with Gasteiger partial charge in [0.15, 0.2) is 0 Å². The number of hydrogen-bond donors (Lipinski definition) is 2. The maximum Gasteiger partial charge on any atom is 0.236 e. The van der Waals surface area contributed by atoms with Crippen LogP contribution in [0.4, 0.5) is 0 Å². The molecule has 2 rings (SSSR count). The first-order valence-electron chi connectivity index (χ1n) is 7.95. The van der Waals surface area contributed by atoms with Crippen LogP contribution < -0.4 is 11.1 Å². The summed E-state index contributed by atoms with van der Waals surface area (Å²) in [5, 5.41) is 3.06. The molecular weight excluding hydrogens is 290 g/mol. The van der Waals surface area contributed by atoms with Crippen LogP contribution in [0.5, 0.6) is 0 Å². The number of carbonyl (C=O) groups is 1. The van der Waals surface area contributed by atoms with E-state index in [0.717, 1.165) is 39.4 Å². The highest BCUT2D eigenvalue weighted by Gasteiger charge is 2.34. The van der Waals surface area contributed by atoms with Crippen molar-refractivity contribution < 1.29 is 9.53 Å². The van der Waals surface area contributed by atoms with Gasteiger partial charge in [0.2, 0.25) is 5.91 Å². The number of ether oxygens (including phenoxy) is 1. The van der Waals surface area contributed by atoms with Crippen molar-refractivity contribution in [3.8, 4) is 0 Å². The van der Waals surface area contributed by atoms with Gasteiger partial charge >= 0.3 is 0 Å². The first-order chi connectivity index (χ1) is 9.61. The molecular formula is C15H30ClN3O2. The highest BCUT2D eigenvalue weighted by molar-refractivity contribution is 5.85. The Hall–Kier alpha value is -0.360. The van der Waals surface area contributed by atoms with Crippen molar-refractivity contribution >= 4 is 18.3 Å². The summed E-state index contributed by atoms with van der Waals surface area (Å²) in [6.07, 6.45) is 6.30. The molecule has 0 aromatic heterocycles. The Morgan fingerprint density at radius 3 is 2.48 bits per heavy atom. The topological polar surface area (TPSA) is 67.6 Å². The minimum Gasteiger partial charge on any atom is -0.379 e. The molecule has 0 aromatic carbocycles. The van der Waals surface area contributed by atoms with Gasteiger partial charge in [0.05, 0.1) is 19.3 Å². The second kappa shape index (κ2) is 8.93. The second-order valence-corrected chi connectivity index (χ2v) is 6.46. The molecule has 1 aliphatic heterocycles. The number of nitrogens with one attached hydrogen (secondary N) is 1. The van der Waals surface area contributed by atoms with Crippen LogP contribution in [0.2, 0.25) is 0 Å². The van der Waals surface area contributed by atoms with E-state index in [9.17, 15) is 4.79 Å². The van der Waals surface area contributed by atoms with Crippen LogP contribution in [0.25, 0.3) is 0 Å².